The van der Waals surface area contributed by atoms with Crippen LogP contribution in [0.1, 0.15) is 49.9 Å². The summed E-state index contributed by atoms with van der Waals surface area (Å²) in [5, 5.41) is 50.7. The summed E-state index contributed by atoms with van der Waals surface area (Å²) in [6.07, 6.45) is -1.54. The number of nitrogens with one attached hydrogen (secondary N) is 3. The van der Waals surface area contributed by atoms with E-state index >= 15 is 0 Å². The van der Waals surface area contributed by atoms with Crippen LogP contribution >= 0.6 is 0 Å². The standard InChI is InChI=1S/C23H47N5O6.C7H6O2/c1-5-28-15-9-14(25)19(33-16-8-12(10-26-3)6-7-13(16)24)17(29)20(15)34-22-18(30)21(27-4)23(2,31)11-32-22;8-7(9)6-4-2-1-3-5-6/h12-22,26-31H,5-11,24-25H2,1-4H3;1-5H,(H,8,9)/t12-,13-,14+,15-,16+,17+,18+,19+,20+,21+,22+,23-;/m1./s1. The van der Waals surface area contributed by atoms with Gasteiger partial charge in [-0.25, -0.2) is 4.79 Å². The fourth-order valence-electron chi connectivity index (χ4n) is 6.43. The van der Waals surface area contributed by atoms with E-state index in [0.717, 1.165) is 25.8 Å². The summed E-state index contributed by atoms with van der Waals surface area (Å²) >= 11 is 0. The van der Waals surface area contributed by atoms with Gasteiger partial charge in [0.25, 0.3) is 0 Å². The number of ether oxygens (including phenoxy) is 3. The van der Waals surface area contributed by atoms with Crippen molar-refractivity contribution >= 4 is 5.97 Å². The lowest BCUT2D eigenvalue weighted by Crippen LogP contribution is -2.69. The molecule has 3 aliphatic rings. The fraction of sp³-hybridized carbons (Fsp3) is 0.767. The number of hydrogen-bond acceptors (Lipinski definition) is 12. The van der Waals surface area contributed by atoms with Gasteiger partial charge in [0.15, 0.2) is 6.29 Å². The molecule has 2 aliphatic carbocycles. The number of carboxylic acids is 1. The third-order valence-electron chi connectivity index (χ3n) is 8.71. The Morgan fingerprint density at radius 1 is 1.05 bits per heavy atom. The maximum absolute atomic E-state index is 11.4. The number of carbonyl (C=O) groups is 1. The van der Waals surface area contributed by atoms with E-state index in [0.29, 0.717) is 24.4 Å². The molecule has 0 bridgehead atoms. The molecule has 0 amide bonds. The van der Waals surface area contributed by atoms with E-state index in [4.69, 9.17) is 30.8 Å². The molecule has 1 heterocycles. The molecule has 0 radical (unpaired) electrons. The van der Waals surface area contributed by atoms with Crippen molar-refractivity contribution in [1.82, 2.24) is 16.0 Å². The van der Waals surface area contributed by atoms with E-state index in [2.05, 4.69) is 16.0 Å². The van der Waals surface area contributed by atoms with Crippen LogP contribution in [0.15, 0.2) is 30.3 Å². The molecule has 4 rings (SSSR count). The molecule has 2 saturated carbocycles. The first kappa shape index (κ1) is 35.7. The van der Waals surface area contributed by atoms with Gasteiger partial charge in [0.05, 0.1) is 24.3 Å². The highest BCUT2D eigenvalue weighted by molar-refractivity contribution is 5.87. The lowest BCUT2D eigenvalue weighted by molar-refractivity contribution is -0.300. The summed E-state index contributed by atoms with van der Waals surface area (Å²) in [7, 11) is 3.60. The Morgan fingerprint density at radius 2 is 1.74 bits per heavy atom. The van der Waals surface area contributed by atoms with Gasteiger partial charge in [-0.2, -0.15) is 0 Å². The number of likely N-dealkylation sites (N-methyl/N-ethyl adjacent to an activating group) is 2. The average molecular weight is 612 g/mol. The van der Waals surface area contributed by atoms with Crippen LogP contribution in [-0.4, -0.2) is 127 Å². The van der Waals surface area contributed by atoms with Crippen LogP contribution in [0.2, 0.25) is 0 Å². The minimum absolute atomic E-state index is 0.0157. The molecule has 0 aromatic heterocycles. The van der Waals surface area contributed by atoms with Gasteiger partial charge in [-0.1, -0.05) is 25.1 Å². The Bertz CT molecular complexity index is 975. The smallest absolute Gasteiger partial charge is 0.335 e. The van der Waals surface area contributed by atoms with Gasteiger partial charge in [0.1, 0.15) is 30.0 Å². The molecule has 1 aliphatic heterocycles. The van der Waals surface area contributed by atoms with Gasteiger partial charge in [-0.05, 0) is 77.8 Å². The maximum Gasteiger partial charge on any atom is 0.335 e. The number of benzene rings is 1. The summed E-state index contributed by atoms with van der Waals surface area (Å²) in [6.45, 7) is 5.12. The molecular weight excluding hydrogens is 558 g/mol. The Kier molecular flexibility index (Phi) is 13.7. The molecule has 1 aromatic rings. The predicted molar refractivity (Wildman–Crippen MR) is 161 cm³/mol. The van der Waals surface area contributed by atoms with E-state index in [9.17, 15) is 20.1 Å². The highest BCUT2D eigenvalue weighted by atomic mass is 16.7. The molecule has 3 fully saturated rings. The summed E-state index contributed by atoms with van der Waals surface area (Å²) in [5.41, 5.74) is 12.0. The first-order valence-electron chi connectivity index (χ1n) is 15.3. The third kappa shape index (κ3) is 9.38. The molecule has 11 N–H and O–H groups in total. The largest absolute Gasteiger partial charge is 0.478 e. The van der Waals surface area contributed by atoms with Crippen LogP contribution in [-0.2, 0) is 14.2 Å². The van der Waals surface area contributed by atoms with Crippen molar-refractivity contribution in [3.63, 3.8) is 0 Å². The minimum atomic E-state index is -1.25. The molecule has 0 spiro atoms. The van der Waals surface area contributed by atoms with Crippen LogP contribution < -0.4 is 27.4 Å². The van der Waals surface area contributed by atoms with Gasteiger partial charge < -0.3 is 62.1 Å². The monoisotopic (exact) mass is 611 g/mol. The SMILES string of the molecule is CCN[C@@H]1C[C@H](N)[C@H](O[C@H]2C[C@H](CNC)CC[C@H]2N)[C@H](O)[C@H]1O[C@@H]1OC[C@@](C)(O)[C@@H](NC)[C@@H]1O.O=C(O)c1ccccc1. The molecule has 0 unspecified atom stereocenters. The quantitative estimate of drug-likeness (QED) is 0.155. The topological polar surface area (TPSA) is 214 Å². The highest BCUT2D eigenvalue weighted by Gasteiger charge is 2.51. The molecule has 1 aromatic carbocycles. The zero-order chi connectivity index (χ0) is 31.7. The highest BCUT2D eigenvalue weighted by Crippen LogP contribution is 2.33. The van der Waals surface area contributed by atoms with E-state index < -0.39 is 54.4 Å². The number of aliphatic hydroxyl groups excluding tert-OH is 2. The number of aliphatic hydroxyl groups is 3. The molecule has 43 heavy (non-hydrogen) atoms. The van der Waals surface area contributed by atoms with Crippen LogP contribution in [0.5, 0.6) is 0 Å². The van der Waals surface area contributed by atoms with E-state index in [1.54, 1.807) is 44.3 Å². The average Bonchev–Trinajstić information content (AvgIpc) is 2.97. The van der Waals surface area contributed by atoms with Gasteiger partial charge in [-0.3, -0.25) is 0 Å². The summed E-state index contributed by atoms with van der Waals surface area (Å²) < 4.78 is 18.3. The van der Waals surface area contributed by atoms with Crippen LogP contribution in [0.3, 0.4) is 0 Å². The normalized spacial score (nSPS) is 39.9. The lowest BCUT2D eigenvalue weighted by atomic mass is 9.81. The second kappa shape index (κ2) is 16.5. The minimum Gasteiger partial charge on any atom is -0.478 e. The van der Waals surface area contributed by atoms with Crippen LogP contribution in [0.4, 0.5) is 0 Å². The molecule has 13 nitrogen and oxygen atoms in total. The second-order valence-electron chi connectivity index (χ2n) is 12.2. The first-order chi connectivity index (χ1) is 20.4. The zero-order valence-electron chi connectivity index (χ0n) is 25.8. The van der Waals surface area contributed by atoms with Crippen molar-refractivity contribution in [2.75, 3.05) is 33.8 Å². The molecule has 12 atom stereocenters. The summed E-state index contributed by atoms with van der Waals surface area (Å²) in [4.78, 5) is 10.2. The molecule has 1 saturated heterocycles. The fourth-order valence-corrected chi connectivity index (χ4v) is 6.43. The van der Waals surface area contributed by atoms with Gasteiger partial charge in [0.2, 0.25) is 0 Å². The van der Waals surface area contributed by atoms with E-state index in [1.165, 1.54) is 0 Å². The second-order valence-corrected chi connectivity index (χ2v) is 12.2. The number of nitrogens with two attached hydrogens (primary N) is 2. The van der Waals surface area contributed by atoms with Crippen molar-refractivity contribution in [3.05, 3.63) is 35.9 Å². The molecule has 13 heteroatoms. The Morgan fingerprint density at radius 3 is 2.33 bits per heavy atom. The predicted octanol–water partition coefficient (Wildman–Crippen LogP) is -1.02. The number of carboxylic acid groups (broad SMARTS) is 1. The van der Waals surface area contributed by atoms with Crippen molar-refractivity contribution in [1.29, 1.82) is 0 Å². The number of aromatic carboxylic acids is 1. The van der Waals surface area contributed by atoms with Crippen LogP contribution in [0, 0.1) is 5.92 Å². The summed E-state index contributed by atoms with van der Waals surface area (Å²) in [6, 6.07) is 6.88. The number of hydrogen-bond donors (Lipinski definition) is 9. The van der Waals surface area contributed by atoms with Crippen molar-refractivity contribution in [3.8, 4) is 0 Å². The van der Waals surface area contributed by atoms with Gasteiger partial charge in [-0.15, -0.1) is 0 Å². The Hall–Kier alpha value is -1.75. The third-order valence-corrected chi connectivity index (χ3v) is 8.71. The van der Waals surface area contributed by atoms with E-state index in [-0.39, 0.29) is 24.8 Å². The van der Waals surface area contributed by atoms with Crippen molar-refractivity contribution in [2.24, 2.45) is 17.4 Å². The Labute approximate surface area is 254 Å². The van der Waals surface area contributed by atoms with Crippen molar-refractivity contribution < 1.29 is 39.4 Å². The maximum atomic E-state index is 11.4. The van der Waals surface area contributed by atoms with Gasteiger partial charge >= 0.3 is 5.97 Å². The van der Waals surface area contributed by atoms with E-state index in [1.807, 2.05) is 14.0 Å². The number of rotatable bonds is 10. The van der Waals surface area contributed by atoms with Gasteiger partial charge in [0, 0.05) is 18.1 Å². The first-order valence-corrected chi connectivity index (χ1v) is 15.3. The lowest BCUT2D eigenvalue weighted by Gasteiger charge is -2.49. The Balaban J connectivity index is 0.000000480. The van der Waals surface area contributed by atoms with Crippen LogP contribution in [0.25, 0.3) is 0 Å². The molecule has 246 valence electrons. The zero-order valence-corrected chi connectivity index (χ0v) is 25.8. The molecular formula is C30H53N5O8. The van der Waals surface area contributed by atoms with Crippen molar-refractivity contribution in [2.45, 2.75) is 106 Å². The summed E-state index contributed by atoms with van der Waals surface area (Å²) in [5.74, 6) is -0.416.